The Morgan fingerprint density at radius 2 is 1.82 bits per heavy atom. The normalized spacial score (nSPS) is 10.6. The van der Waals surface area contributed by atoms with E-state index in [0.29, 0.717) is 16.7 Å². The van der Waals surface area contributed by atoms with Crippen molar-refractivity contribution in [1.82, 2.24) is 4.98 Å². The number of halogens is 1. The second-order valence-corrected chi connectivity index (χ2v) is 3.99. The molecule has 3 rings (SSSR count). The van der Waals surface area contributed by atoms with E-state index in [1.165, 1.54) is 0 Å². The minimum atomic E-state index is 0.545. The van der Waals surface area contributed by atoms with E-state index in [4.69, 9.17) is 20.4 Å². The molecule has 17 heavy (non-hydrogen) atoms. The van der Waals surface area contributed by atoms with Gasteiger partial charge in [0.25, 0.3) is 0 Å². The molecule has 0 N–H and O–H groups in total. The Bertz CT molecular complexity index is 611. The van der Waals surface area contributed by atoms with Crippen molar-refractivity contribution in [2.45, 2.75) is 0 Å². The van der Waals surface area contributed by atoms with Crippen molar-refractivity contribution in [1.29, 1.82) is 0 Å². The molecule has 1 aromatic carbocycles. The Kier molecular flexibility index (Phi) is 2.46. The molecule has 3 nitrogen and oxygen atoms in total. The highest BCUT2D eigenvalue weighted by Gasteiger charge is 2.08. The topological polar surface area (TPSA) is 39.2 Å². The van der Waals surface area contributed by atoms with Gasteiger partial charge in [-0.25, -0.2) is 4.98 Å². The van der Waals surface area contributed by atoms with Gasteiger partial charge in [0.1, 0.15) is 6.26 Å². The molecule has 2 heterocycles. The van der Waals surface area contributed by atoms with Crippen molar-refractivity contribution in [3.63, 3.8) is 0 Å². The highest BCUT2D eigenvalue weighted by atomic mass is 35.5. The van der Waals surface area contributed by atoms with E-state index < -0.39 is 0 Å². The molecule has 0 radical (unpaired) electrons. The zero-order valence-corrected chi connectivity index (χ0v) is 9.52. The first-order valence-corrected chi connectivity index (χ1v) is 5.45. The summed E-state index contributed by atoms with van der Waals surface area (Å²) >= 11 is 5.83. The average Bonchev–Trinajstić information content (AvgIpc) is 3.00. The first-order valence-electron chi connectivity index (χ1n) is 5.07. The third-order valence-electron chi connectivity index (χ3n) is 2.40. The second kappa shape index (κ2) is 4.11. The van der Waals surface area contributed by atoms with Crippen LogP contribution >= 0.6 is 11.6 Å². The highest BCUT2D eigenvalue weighted by Crippen LogP contribution is 2.26. The summed E-state index contributed by atoms with van der Waals surface area (Å²) in [6, 6.07) is 9.22. The van der Waals surface area contributed by atoms with Gasteiger partial charge in [-0.1, -0.05) is 11.6 Å². The number of nitrogens with zero attached hydrogens (tertiary/aromatic N) is 1. The summed E-state index contributed by atoms with van der Waals surface area (Å²) in [5, 5.41) is 0.698. The maximum absolute atomic E-state index is 5.83. The van der Waals surface area contributed by atoms with Crippen LogP contribution in [0.3, 0.4) is 0 Å². The van der Waals surface area contributed by atoms with Crippen LogP contribution in [0.15, 0.2) is 57.9 Å². The maximum atomic E-state index is 5.83. The van der Waals surface area contributed by atoms with Gasteiger partial charge < -0.3 is 8.83 Å². The van der Waals surface area contributed by atoms with Gasteiger partial charge in [0.2, 0.25) is 5.89 Å². The van der Waals surface area contributed by atoms with Crippen LogP contribution in [0.1, 0.15) is 0 Å². The molecule has 0 unspecified atom stereocenters. The van der Waals surface area contributed by atoms with Crippen LogP contribution in [-0.4, -0.2) is 4.98 Å². The van der Waals surface area contributed by atoms with Crippen molar-refractivity contribution in [3.8, 4) is 22.8 Å². The van der Waals surface area contributed by atoms with Gasteiger partial charge in [0.05, 0.1) is 18.0 Å². The van der Waals surface area contributed by atoms with E-state index in [1.54, 1.807) is 24.8 Å². The molecule has 2 aromatic heterocycles. The average molecular weight is 246 g/mol. The monoisotopic (exact) mass is 245 g/mol. The van der Waals surface area contributed by atoms with E-state index in [9.17, 15) is 0 Å². The molecule has 0 fully saturated rings. The molecule has 84 valence electrons. The molecule has 0 aliphatic heterocycles. The summed E-state index contributed by atoms with van der Waals surface area (Å²) in [7, 11) is 0. The Labute approximate surface area is 103 Å². The van der Waals surface area contributed by atoms with Crippen LogP contribution in [0, 0.1) is 0 Å². The van der Waals surface area contributed by atoms with Gasteiger partial charge in [-0.3, -0.25) is 0 Å². The summed E-state index contributed by atoms with van der Waals surface area (Å²) in [5.41, 5.74) is 1.77. The van der Waals surface area contributed by atoms with Gasteiger partial charge in [-0.2, -0.15) is 0 Å². The van der Waals surface area contributed by atoms with Gasteiger partial charge in [0.15, 0.2) is 5.76 Å². The van der Waals surface area contributed by atoms with E-state index >= 15 is 0 Å². The van der Waals surface area contributed by atoms with Crippen LogP contribution < -0.4 is 0 Å². The van der Waals surface area contributed by atoms with Crippen LogP contribution in [0.25, 0.3) is 22.8 Å². The number of rotatable bonds is 2. The molecule has 3 aromatic rings. The van der Waals surface area contributed by atoms with Crippen molar-refractivity contribution >= 4 is 11.6 Å². The molecular formula is C13H8ClNO2. The summed E-state index contributed by atoms with van der Waals surface area (Å²) in [6.45, 7) is 0. The van der Waals surface area contributed by atoms with Gasteiger partial charge in [0, 0.05) is 10.6 Å². The summed E-state index contributed by atoms with van der Waals surface area (Å²) in [6.07, 6.45) is 4.87. The first-order chi connectivity index (χ1) is 8.33. The van der Waals surface area contributed by atoms with Gasteiger partial charge in [-0.15, -0.1) is 0 Å². The number of hydrogen-bond donors (Lipinski definition) is 0. The Hall–Kier alpha value is -2.00. The predicted molar refractivity (Wildman–Crippen MR) is 64.7 cm³/mol. The maximum Gasteiger partial charge on any atom is 0.229 e. The fraction of sp³-hybridized carbons (Fsp3) is 0. The second-order valence-electron chi connectivity index (χ2n) is 3.55. The minimum Gasteiger partial charge on any atom is -0.472 e. The quantitative estimate of drug-likeness (QED) is 0.677. The molecule has 0 amide bonds. The third-order valence-corrected chi connectivity index (χ3v) is 2.65. The SMILES string of the molecule is Clc1ccc(-c2cnc(-c3ccoc3)o2)cc1. The Morgan fingerprint density at radius 1 is 1.00 bits per heavy atom. The lowest BCUT2D eigenvalue weighted by atomic mass is 10.2. The molecule has 0 spiro atoms. The van der Waals surface area contributed by atoms with Gasteiger partial charge in [-0.05, 0) is 30.3 Å². The van der Waals surface area contributed by atoms with E-state index in [2.05, 4.69) is 4.98 Å². The lowest BCUT2D eigenvalue weighted by Crippen LogP contribution is -1.72. The highest BCUT2D eigenvalue weighted by molar-refractivity contribution is 6.30. The summed E-state index contributed by atoms with van der Waals surface area (Å²) < 4.78 is 10.6. The minimum absolute atomic E-state index is 0.545. The third kappa shape index (κ3) is 1.97. The van der Waals surface area contributed by atoms with Gasteiger partial charge >= 0.3 is 0 Å². The molecule has 0 saturated carbocycles. The smallest absolute Gasteiger partial charge is 0.229 e. The van der Waals surface area contributed by atoms with Crippen molar-refractivity contribution < 1.29 is 8.83 Å². The largest absolute Gasteiger partial charge is 0.472 e. The van der Waals surface area contributed by atoms with Crippen LogP contribution in [0.5, 0.6) is 0 Å². The molecule has 0 atom stereocenters. The zero-order chi connectivity index (χ0) is 11.7. The van der Waals surface area contributed by atoms with Crippen LogP contribution in [-0.2, 0) is 0 Å². The molecule has 0 saturated heterocycles. The number of hydrogen-bond acceptors (Lipinski definition) is 3. The predicted octanol–water partition coefficient (Wildman–Crippen LogP) is 4.26. The van der Waals surface area contributed by atoms with Crippen molar-refractivity contribution in [3.05, 3.63) is 54.1 Å². The Morgan fingerprint density at radius 3 is 2.53 bits per heavy atom. The van der Waals surface area contributed by atoms with E-state index in [1.807, 2.05) is 24.3 Å². The van der Waals surface area contributed by atoms with E-state index in [-0.39, 0.29) is 0 Å². The van der Waals surface area contributed by atoms with Crippen LogP contribution in [0.4, 0.5) is 0 Å². The van der Waals surface area contributed by atoms with E-state index in [0.717, 1.165) is 11.1 Å². The molecule has 0 aliphatic carbocycles. The molecular weight excluding hydrogens is 238 g/mol. The lowest BCUT2D eigenvalue weighted by molar-refractivity contribution is 0.561. The molecule has 4 heteroatoms. The number of aromatic nitrogens is 1. The lowest BCUT2D eigenvalue weighted by Gasteiger charge is -1.95. The summed E-state index contributed by atoms with van der Waals surface area (Å²) in [5.74, 6) is 1.25. The molecule has 0 bridgehead atoms. The number of furan rings is 1. The number of benzene rings is 1. The van der Waals surface area contributed by atoms with Crippen molar-refractivity contribution in [2.24, 2.45) is 0 Å². The van der Waals surface area contributed by atoms with Crippen molar-refractivity contribution in [2.75, 3.05) is 0 Å². The van der Waals surface area contributed by atoms with Crippen LogP contribution in [0.2, 0.25) is 5.02 Å². The fourth-order valence-corrected chi connectivity index (χ4v) is 1.67. The standard InChI is InChI=1S/C13H8ClNO2/c14-11-3-1-9(2-4-11)12-7-15-13(17-12)10-5-6-16-8-10/h1-8H. The molecule has 0 aliphatic rings. The number of oxazole rings is 1. The summed E-state index contributed by atoms with van der Waals surface area (Å²) in [4.78, 5) is 4.20. The zero-order valence-electron chi connectivity index (χ0n) is 8.76. The fourth-order valence-electron chi connectivity index (χ4n) is 1.54. The first kappa shape index (κ1) is 10.2. The Balaban J connectivity index is 1.98.